The molecule has 0 bridgehead atoms. The quantitative estimate of drug-likeness (QED) is 0.826. The molecule has 0 unspecified atom stereocenters. The van der Waals surface area contributed by atoms with Crippen molar-refractivity contribution in [1.82, 2.24) is 4.31 Å². The number of carbonyl (C=O) groups is 1. The molecule has 4 nitrogen and oxygen atoms in total. The number of carbonyl (C=O) groups excluding carboxylic acids is 1. The van der Waals surface area contributed by atoms with Crippen molar-refractivity contribution < 1.29 is 13.2 Å². The molecule has 0 saturated carbocycles. The first-order valence-corrected chi connectivity index (χ1v) is 9.93. The lowest BCUT2D eigenvalue weighted by molar-refractivity contribution is -0.117. The molecule has 1 fully saturated rings. The maximum Gasteiger partial charge on any atom is 0.244 e. The van der Waals surface area contributed by atoms with Crippen LogP contribution in [0.25, 0.3) is 0 Å². The van der Waals surface area contributed by atoms with E-state index < -0.39 is 10.0 Å². The minimum atomic E-state index is -3.58. The molecule has 0 spiro atoms. The number of rotatable bonds is 5. The van der Waals surface area contributed by atoms with Gasteiger partial charge in [0.15, 0.2) is 0 Å². The molecule has 0 aliphatic carbocycles. The molecule has 1 saturated heterocycles. The summed E-state index contributed by atoms with van der Waals surface area (Å²) >= 11 is 1.57. The van der Waals surface area contributed by atoms with Crippen molar-refractivity contribution >= 4 is 27.6 Å². The number of nitrogens with zero attached hydrogens (tertiary/aromatic N) is 1. The summed E-state index contributed by atoms with van der Waals surface area (Å²) in [5, 5.41) is -0.295. The van der Waals surface area contributed by atoms with Gasteiger partial charge in [-0.3, -0.25) is 4.79 Å². The van der Waals surface area contributed by atoms with Crippen LogP contribution in [0, 0.1) is 12.8 Å². The number of benzene rings is 1. The Morgan fingerprint density at radius 3 is 2.41 bits per heavy atom. The van der Waals surface area contributed by atoms with Gasteiger partial charge in [-0.1, -0.05) is 31.5 Å². The summed E-state index contributed by atoms with van der Waals surface area (Å²) < 4.78 is 27.7. The molecule has 1 aliphatic heterocycles. The third-order valence-corrected chi connectivity index (χ3v) is 7.29. The summed E-state index contributed by atoms with van der Waals surface area (Å²) in [6.45, 7) is 7.50. The number of sulfonamides is 1. The molecule has 2 rings (SSSR count). The molecule has 2 atom stereocenters. The first-order chi connectivity index (χ1) is 10.2. The zero-order valence-electron chi connectivity index (χ0n) is 13.4. The van der Waals surface area contributed by atoms with Crippen molar-refractivity contribution in [2.45, 2.75) is 50.4 Å². The molecule has 1 heterocycles. The molecule has 0 radical (unpaired) electrons. The standard InChI is InChI=1S/C16H23NO3S2/c1-11(2)15-10-21-16(9-13(4)18)17(15)22(19,20)14-7-5-12(3)6-8-14/h5-8,11,15-16H,9-10H2,1-4H3/t15-,16+/m1/s1. The van der Waals surface area contributed by atoms with Crippen LogP contribution in [0.1, 0.15) is 32.8 Å². The fourth-order valence-electron chi connectivity index (χ4n) is 2.62. The number of hydrogen-bond acceptors (Lipinski definition) is 4. The number of aryl methyl sites for hydroxylation is 1. The van der Waals surface area contributed by atoms with E-state index in [1.54, 1.807) is 40.3 Å². The molecule has 6 heteroatoms. The summed E-state index contributed by atoms with van der Waals surface area (Å²) in [6.07, 6.45) is 0.263. The Balaban J connectivity index is 2.42. The highest BCUT2D eigenvalue weighted by molar-refractivity contribution is 8.01. The SMILES string of the molecule is CC(=O)C[C@@H]1SC[C@H](C(C)C)N1S(=O)(=O)c1ccc(C)cc1. The number of thioether (sulfide) groups is 1. The van der Waals surface area contributed by atoms with E-state index in [0.717, 1.165) is 11.3 Å². The van der Waals surface area contributed by atoms with E-state index in [1.165, 1.54) is 6.92 Å². The zero-order valence-corrected chi connectivity index (χ0v) is 15.1. The highest BCUT2D eigenvalue weighted by Gasteiger charge is 2.44. The van der Waals surface area contributed by atoms with Gasteiger partial charge in [-0.15, -0.1) is 11.8 Å². The smallest absolute Gasteiger partial charge is 0.244 e. The topological polar surface area (TPSA) is 54.5 Å². The van der Waals surface area contributed by atoms with Crippen LogP contribution >= 0.6 is 11.8 Å². The van der Waals surface area contributed by atoms with Gasteiger partial charge in [0.25, 0.3) is 0 Å². The summed E-state index contributed by atoms with van der Waals surface area (Å²) in [7, 11) is -3.58. The second kappa shape index (κ2) is 6.72. The minimum absolute atomic E-state index is 0.0195. The average molecular weight is 341 g/mol. The molecule has 1 aromatic rings. The van der Waals surface area contributed by atoms with Gasteiger partial charge >= 0.3 is 0 Å². The number of hydrogen-bond donors (Lipinski definition) is 0. The third kappa shape index (κ3) is 3.55. The van der Waals surface area contributed by atoms with Crippen molar-refractivity contribution in [2.75, 3.05) is 5.75 Å². The first-order valence-electron chi connectivity index (χ1n) is 7.44. The van der Waals surface area contributed by atoms with Crippen molar-refractivity contribution in [1.29, 1.82) is 0 Å². The molecular formula is C16H23NO3S2. The molecule has 0 amide bonds. The third-order valence-electron chi connectivity index (χ3n) is 3.90. The van der Waals surface area contributed by atoms with Gasteiger partial charge in [-0.05, 0) is 31.9 Å². The van der Waals surface area contributed by atoms with Crippen molar-refractivity contribution in [2.24, 2.45) is 5.92 Å². The lowest BCUT2D eigenvalue weighted by Gasteiger charge is -2.30. The van der Waals surface area contributed by atoms with Crippen LogP contribution in [-0.4, -0.2) is 35.7 Å². The lowest BCUT2D eigenvalue weighted by atomic mass is 10.1. The van der Waals surface area contributed by atoms with Crippen LogP contribution in [-0.2, 0) is 14.8 Å². The van der Waals surface area contributed by atoms with Crippen LogP contribution in [0.3, 0.4) is 0 Å². The maximum absolute atomic E-state index is 13.1. The predicted octanol–water partition coefficient (Wildman–Crippen LogP) is 3.06. The molecule has 122 valence electrons. The van der Waals surface area contributed by atoms with Gasteiger partial charge in [-0.2, -0.15) is 4.31 Å². The molecule has 0 N–H and O–H groups in total. The van der Waals surface area contributed by atoms with E-state index in [1.807, 2.05) is 20.8 Å². The van der Waals surface area contributed by atoms with Gasteiger partial charge in [0.2, 0.25) is 10.0 Å². The lowest BCUT2D eigenvalue weighted by Crippen LogP contribution is -2.44. The molecule has 1 aromatic carbocycles. The van der Waals surface area contributed by atoms with E-state index in [0.29, 0.717) is 4.90 Å². The van der Waals surface area contributed by atoms with Crippen LogP contribution in [0.2, 0.25) is 0 Å². The van der Waals surface area contributed by atoms with E-state index in [4.69, 9.17) is 0 Å². The Labute approximate surface area is 137 Å². The minimum Gasteiger partial charge on any atom is -0.300 e. The Bertz CT molecular complexity index is 638. The Kier molecular flexibility index (Phi) is 5.35. The highest BCUT2D eigenvalue weighted by atomic mass is 32.2. The highest BCUT2D eigenvalue weighted by Crippen LogP contribution is 2.39. The van der Waals surface area contributed by atoms with Gasteiger partial charge in [0, 0.05) is 18.2 Å². The molecular weight excluding hydrogens is 318 g/mol. The van der Waals surface area contributed by atoms with Crippen LogP contribution in [0.5, 0.6) is 0 Å². The monoisotopic (exact) mass is 341 g/mol. The van der Waals surface area contributed by atoms with Gasteiger partial charge < -0.3 is 0 Å². The van der Waals surface area contributed by atoms with E-state index in [2.05, 4.69) is 0 Å². The van der Waals surface area contributed by atoms with Crippen molar-refractivity contribution in [3.05, 3.63) is 29.8 Å². The van der Waals surface area contributed by atoms with Gasteiger partial charge in [0.05, 0.1) is 10.3 Å². The average Bonchev–Trinajstić information content (AvgIpc) is 2.83. The number of Topliss-reactive ketones (excluding diaryl/α,β-unsaturated/α-hetero) is 1. The summed E-state index contributed by atoms with van der Waals surface area (Å²) in [5.74, 6) is 0.969. The second-order valence-corrected chi connectivity index (χ2v) is 9.21. The van der Waals surface area contributed by atoms with Crippen molar-refractivity contribution in [3.8, 4) is 0 Å². The fourth-order valence-corrected chi connectivity index (χ4v) is 6.64. The normalized spacial score (nSPS) is 23.1. The second-order valence-electron chi connectivity index (χ2n) is 6.15. The van der Waals surface area contributed by atoms with E-state index in [9.17, 15) is 13.2 Å². The van der Waals surface area contributed by atoms with Gasteiger partial charge in [0.1, 0.15) is 5.78 Å². The maximum atomic E-state index is 13.1. The van der Waals surface area contributed by atoms with E-state index in [-0.39, 0.29) is 29.5 Å². The largest absolute Gasteiger partial charge is 0.300 e. The summed E-state index contributed by atoms with van der Waals surface area (Å²) in [6, 6.07) is 6.84. The summed E-state index contributed by atoms with van der Waals surface area (Å²) in [4.78, 5) is 11.8. The fraction of sp³-hybridized carbons (Fsp3) is 0.562. The molecule has 0 aromatic heterocycles. The number of ketones is 1. The van der Waals surface area contributed by atoms with Crippen molar-refractivity contribution in [3.63, 3.8) is 0 Å². The first kappa shape index (κ1) is 17.5. The Hall–Kier alpha value is -0.850. The summed E-state index contributed by atoms with van der Waals surface area (Å²) in [5.41, 5.74) is 1.02. The Morgan fingerprint density at radius 2 is 1.91 bits per heavy atom. The van der Waals surface area contributed by atoms with Crippen LogP contribution in [0.15, 0.2) is 29.2 Å². The molecule has 1 aliphatic rings. The predicted molar refractivity (Wildman–Crippen MR) is 90.4 cm³/mol. The van der Waals surface area contributed by atoms with E-state index >= 15 is 0 Å². The zero-order chi connectivity index (χ0) is 16.5. The van der Waals surface area contributed by atoms with Crippen LogP contribution < -0.4 is 0 Å². The molecule has 22 heavy (non-hydrogen) atoms. The van der Waals surface area contributed by atoms with Crippen LogP contribution in [0.4, 0.5) is 0 Å². The Morgan fingerprint density at radius 1 is 1.32 bits per heavy atom. The van der Waals surface area contributed by atoms with Gasteiger partial charge in [-0.25, -0.2) is 8.42 Å².